The first-order chi connectivity index (χ1) is 7.50. The third-order valence-electron chi connectivity index (χ3n) is 2.21. The normalized spacial score (nSPS) is 10.2. The van der Waals surface area contributed by atoms with Crippen molar-refractivity contribution in [3.63, 3.8) is 0 Å². The number of hydrogen-bond donors (Lipinski definition) is 3. The Labute approximate surface area is 96.2 Å². The van der Waals surface area contributed by atoms with Gasteiger partial charge in [-0.3, -0.25) is 4.79 Å². The predicted octanol–water partition coefficient (Wildman–Crippen LogP) is 1.51. The van der Waals surface area contributed by atoms with Gasteiger partial charge in [-0.15, -0.1) is 0 Å². The van der Waals surface area contributed by atoms with Gasteiger partial charge >= 0.3 is 0 Å². The average molecular weight is 221 g/mol. The van der Waals surface area contributed by atoms with Gasteiger partial charge < -0.3 is 16.4 Å². The number of para-hydroxylation sites is 1. The van der Waals surface area contributed by atoms with E-state index in [1.165, 1.54) is 0 Å². The van der Waals surface area contributed by atoms with E-state index in [9.17, 15) is 4.79 Å². The molecule has 0 aliphatic heterocycles. The summed E-state index contributed by atoms with van der Waals surface area (Å²) in [6.07, 6.45) is 0. The highest BCUT2D eigenvalue weighted by molar-refractivity contribution is 5.82. The van der Waals surface area contributed by atoms with Gasteiger partial charge in [0.2, 0.25) is 5.91 Å². The van der Waals surface area contributed by atoms with Gasteiger partial charge in [-0.2, -0.15) is 0 Å². The highest BCUT2D eigenvalue weighted by atomic mass is 16.1. The molecule has 0 aromatic heterocycles. The molecule has 0 radical (unpaired) electrons. The lowest BCUT2D eigenvalue weighted by Gasteiger charge is -2.12. The molecule has 4 N–H and O–H groups in total. The molecule has 0 spiro atoms. The zero-order valence-corrected chi connectivity index (χ0v) is 10.0. The fourth-order valence-electron chi connectivity index (χ4n) is 1.38. The van der Waals surface area contributed by atoms with E-state index in [4.69, 9.17) is 5.73 Å². The first-order valence-corrected chi connectivity index (χ1v) is 5.39. The van der Waals surface area contributed by atoms with Crippen LogP contribution in [0.2, 0.25) is 0 Å². The van der Waals surface area contributed by atoms with Crippen LogP contribution in [0.3, 0.4) is 0 Å². The van der Waals surface area contributed by atoms with Crippen LogP contribution in [-0.2, 0) is 4.79 Å². The number of benzene rings is 1. The molecule has 0 atom stereocenters. The Morgan fingerprint density at radius 2 is 2.12 bits per heavy atom. The number of amides is 1. The molecule has 0 aliphatic rings. The summed E-state index contributed by atoms with van der Waals surface area (Å²) in [6.45, 7) is 6.04. The third kappa shape index (κ3) is 3.46. The van der Waals surface area contributed by atoms with Gasteiger partial charge in [0.25, 0.3) is 0 Å². The molecule has 0 fully saturated rings. The maximum absolute atomic E-state index is 11.4. The van der Waals surface area contributed by atoms with Gasteiger partial charge in [-0.25, -0.2) is 0 Å². The second kappa shape index (κ2) is 5.39. The van der Waals surface area contributed by atoms with Gasteiger partial charge in [-0.1, -0.05) is 12.1 Å². The minimum Gasteiger partial charge on any atom is -0.397 e. The molecule has 1 aromatic rings. The predicted molar refractivity (Wildman–Crippen MR) is 67.4 cm³/mol. The van der Waals surface area contributed by atoms with E-state index in [1.54, 1.807) is 0 Å². The van der Waals surface area contributed by atoms with E-state index in [-0.39, 0.29) is 18.5 Å². The Morgan fingerprint density at radius 1 is 1.44 bits per heavy atom. The van der Waals surface area contributed by atoms with Crippen molar-refractivity contribution in [3.8, 4) is 0 Å². The number of carbonyl (C=O) groups excluding carboxylic acids is 1. The van der Waals surface area contributed by atoms with Crippen molar-refractivity contribution in [1.29, 1.82) is 0 Å². The van der Waals surface area contributed by atoms with Gasteiger partial charge in [0.1, 0.15) is 0 Å². The first kappa shape index (κ1) is 12.4. The molecule has 0 bridgehead atoms. The number of hydrogen-bond acceptors (Lipinski definition) is 3. The van der Waals surface area contributed by atoms with Gasteiger partial charge in [-0.05, 0) is 32.4 Å². The maximum Gasteiger partial charge on any atom is 0.239 e. The summed E-state index contributed by atoms with van der Waals surface area (Å²) in [5.41, 5.74) is 8.38. The molecule has 16 heavy (non-hydrogen) atoms. The second-order valence-electron chi connectivity index (χ2n) is 4.11. The van der Waals surface area contributed by atoms with E-state index in [2.05, 4.69) is 10.6 Å². The molecular formula is C12H19N3O. The van der Waals surface area contributed by atoms with Crippen LogP contribution in [0.15, 0.2) is 18.2 Å². The molecule has 0 heterocycles. The van der Waals surface area contributed by atoms with Crippen LogP contribution < -0.4 is 16.4 Å². The second-order valence-corrected chi connectivity index (χ2v) is 4.11. The SMILES string of the molecule is Cc1cccc(NCC(=O)NC(C)C)c1N. The van der Waals surface area contributed by atoms with Crippen LogP contribution >= 0.6 is 0 Å². The van der Waals surface area contributed by atoms with Crippen LogP contribution in [0.4, 0.5) is 11.4 Å². The average Bonchev–Trinajstić information content (AvgIpc) is 2.19. The number of aryl methyl sites for hydroxylation is 1. The fraction of sp³-hybridized carbons (Fsp3) is 0.417. The summed E-state index contributed by atoms with van der Waals surface area (Å²) in [4.78, 5) is 11.4. The standard InChI is InChI=1S/C12H19N3O/c1-8(2)15-11(16)7-14-10-6-4-5-9(3)12(10)13/h4-6,8,14H,7,13H2,1-3H3,(H,15,16). The molecule has 0 saturated heterocycles. The van der Waals surface area contributed by atoms with Crippen molar-refractivity contribution in [3.05, 3.63) is 23.8 Å². The molecule has 0 unspecified atom stereocenters. The van der Waals surface area contributed by atoms with Gasteiger partial charge in [0.15, 0.2) is 0 Å². The molecule has 1 amide bonds. The van der Waals surface area contributed by atoms with Crippen molar-refractivity contribution in [2.45, 2.75) is 26.8 Å². The topological polar surface area (TPSA) is 67.2 Å². The lowest BCUT2D eigenvalue weighted by atomic mass is 10.2. The first-order valence-electron chi connectivity index (χ1n) is 5.39. The summed E-state index contributed by atoms with van der Waals surface area (Å²) in [6, 6.07) is 5.87. The number of rotatable bonds is 4. The van der Waals surface area contributed by atoms with E-state index in [1.807, 2.05) is 39.0 Å². The minimum atomic E-state index is -0.0316. The summed E-state index contributed by atoms with van der Waals surface area (Å²) in [5.74, 6) is -0.0316. The lowest BCUT2D eigenvalue weighted by molar-refractivity contribution is -0.119. The Hall–Kier alpha value is -1.71. The summed E-state index contributed by atoms with van der Waals surface area (Å²) < 4.78 is 0. The number of anilines is 2. The highest BCUT2D eigenvalue weighted by Crippen LogP contribution is 2.21. The Kier molecular flexibility index (Phi) is 4.17. The fourth-order valence-corrected chi connectivity index (χ4v) is 1.38. The molecule has 1 rings (SSSR count). The van der Waals surface area contributed by atoms with E-state index in [0.29, 0.717) is 5.69 Å². The maximum atomic E-state index is 11.4. The molecule has 0 aliphatic carbocycles. The van der Waals surface area contributed by atoms with Crippen molar-refractivity contribution < 1.29 is 4.79 Å². The molecule has 4 heteroatoms. The van der Waals surface area contributed by atoms with E-state index < -0.39 is 0 Å². The lowest BCUT2D eigenvalue weighted by Crippen LogP contribution is -2.34. The summed E-state index contributed by atoms with van der Waals surface area (Å²) in [7, 11) is 0. The number of carbonyl (C=O) groups is 1. The Balaban J connectivity index is 2.55. The number of nitrogens with one attached hydrogen (secondary N) is 2. The number of nitrogens with two attached hydrogens (primary N) is 1. The molecule has 1 aromatic carbocycles. The van der Waals surface area contributed by atoms with Crippen LogP contribution in [0.25, 0.3) is 0 Å². The quantitative estimate of drug-likeness (QED) is 0.675. The zero-order valence-electron chi connectivity index (χ0n) is 10.0. The number of nitrogen functional groups attached to an aromatic ring is 1. The van der Waals surface area contributed by atoms with Crippen LogP contribution in [0, 0.1) is 6.92 Å². The largest absolute Gasteiger partial charge is 0.397 e. The van der Waals surface area contributed by atoms with E-state index >= 15 is 0 Å². The highest BCUT2D eigenvalue weighted by Gasteiger charge is 2.05. The van der Waals surface area contributed by atoms with Crippen molar-refractivity contribution >= 4 is 17.3 Å². The molecule has 0 saturated carbocycles. The minimum absolute atomic E-state index is 0.0316. The van der Waals surface area contributed by atoms with Crippen molar-refractivity contribution in [1.82, 2.24) is 5.32 Å². The summed E-state index contributed by atoms with van der Waals surface area (Å²) >= 11 is 0. The zero-order chi connectivity index (χ0) is 12.1. The van der Waals surface area contributed by atoms with Crippen LogP contribution in [0.1, 0.15) is 19.4 Å². The van der Waals surface area contributed by atoms with Gasteiger partial charge in [0.05, 0.1) is 17.9 Å². The summed E-state index contributed by atoms with van der Waals surface area (Å²) in [5, 5.41) is 5.83. The molecule has 88 valence electrons. The smallest absolute Gasteiger partial charge is 0.239 e. The Bertz CT molecular complexity index is 375. The van der Waals surface area contributed by atoms with Crippen molar-refractivity contribution in [2.24, 2.45) is 0 Å². The molecule has 4 nitrogen and oxygen atoms in total. The monoisotopic (exact) mass is 221 g/mol. The Morgan fingerprint density at radius 3 is 2.75 bits per heavy atom. The van der Waals surface area contributed by atoms with Gasteiger partial charge in [0, 0.05) is 6.04 Å². The third-order valence-corrected chi connectivity index (χ3v) is 2.21. The van der Waals surface area contributed by atoms with Crippen LogP contribution in [-0.4, -0.2) is 18.5 Å². The molecular weight excluding hydrogens is 202 g/mol. The van der Waals surface area contributed by atoms with E-state index in [0.717, 1.165) is 11.3 Å². The van der Waals surface area contributed by atoms with Crippen LogP contribution in [0.5, 0.6) is 0 Å². The van der Waals surface area contributed by atoms with Crippen molar-refractivity contribution in [2.75, 3.05) is 17.6 Å².